The number of piperazine rings is 1. The van der Waals surface area contributed by atoms with E-state index in [1.807, 2.05) is 14.0 Å². The highest BCUT2D eigenvalue weighted by Gasteiger charge is 2.32. The number of aromatic nitrogens is 2. The molecule has 0 bridgehead atoms. The smallest absolute Gasteiger partial charge is 0.246 e. The molecule has 1 aromatic heterocycles. The molecule has 2 rings (SSSR count). The van der Waals surface area contributed by atoms with Crippen molar-refractivity contribution in [1.29, 1.82) is 0 Å². The second kappa shape index (κ2) is 6.43. The maximum Gasteiger partial charge on any atom is 0.246 e. The lowest BCUT2D eigenvalue weighted by atomic mass is 10.4. The molecule has 8 heteroatoms. The number of aryl methyl sites for hydroxylation is 2. The van der Waals surface area contributed by atoms with Gasteiger partial charge >= 0.3 is 0 Å². The third-order valence-electron chi connectivity index (χ3n) is 3.95. The number of sulfonamides is 1. The van der Waals surface area contributed by atoms with Gasteiger partial charge in [-0.25, -0.2) is 8.42 Å². The van der Waals surface area contributed by atoms with Crippen LogP contribution in [0.15, 0.2) is 4.90 Å². The second-order valence-electron chi connectivity index (χ2n) is 5.57. The van der Waals surface area contributed by atoms with E-state index in [1.165, 1.54) is 0 Å². The van der Waals surface area contributed by atoms with Crippen LogP contribution in [0.2, 0.25) is 0 Å². The zero-order valence-corrected chi connectivity index (χ0v) is 13.9. The predicted molar refractivity (Wildman–Crippen MR) is 81.6 cm³/mol. The molecule has 21 heavy (non-hydrogen) atoms. The standard InChI is InChI=1S/C13H25N5O2S/c1-11-13(12(2)18(15-11)6-4-5-14)21(19,20)17-9-7-16(3)8-10-17/h4-10,14H2,1-3H3. The van der Waals surface area contributed by atoms with Crippen LogP contribution >= 0.6 is 0 Å². The van der Waals surface area contributed by atoms with Crippen LogP contribution < -0.4 is 5.73 Å². The Bertz CT molecular complexity index is 588. The van der Waals surface area contributed by atoms with Crippen LogP contribution in [0.1, 0.15) is 17.8 Å². The second-order valence-corrected chi connectivity index (χ2v) is 7.45. The van der Waals surface area contributed by atoms with Gasteiger partial charge in [0.25, 0.3) is 0 Å². The largest absolute Gasteiger partial charge is 0.330 e. The molecule has 0 saturated carbocycles. The minimum absolute atomic E-state index is 0.365. The lowest BCUT2D eigenvalue weighted by molar-refractivity contribution is 0.222. The van der Waals surface area contributed by atoms with Crippen molar-refractivity contribution in [3.8, 4) is 0 Å². The highest BCUT2D eigenvalue weighted by Crippen LogP contribution is 2.24. The Hall–Kier alpha value is -0.960. The van der Waals surface area contributed by atoms with Crippen molar-refractivity contribution in [3.63, 3.8) is 0 Å². The van der Waals surface area contributed by atoms with Gasteiger partial charge in [0, 0.05) is 32.7 Å². The fourth-order valence-electron chi connectivity index (χ4n) is 2.67. The van der Waals surface area contributed by atoms with Gasteiger partial charge in [0.15, 0.2) is 0 Å². The summed E-state index contributed by atoms with van der Waals surface area (Å²) in [7, 11) is -1.45. The van der Waals surface area contributed by atoms with Crippen molar-refractivity contribution in [3.05, 3.63) is 11.4 Å². The van der Waals surface area contributed by atoms with Gasteiger partial charge in [-0.1, -0.05) is 0 Å². The topological polar surface area (TPSA) is 84.5 Å². The van der Waals surface area contributed by atoms with Crippen LogP contribution in [0.3, 0.4) is 0 Å². The molecular formula is C13H25N5O2S. The Labute approximate surface area is 126 Å². The van der Waals surface area contributed by atoms with Crippen LogP contribution in [0, 0.1) is 13.8 Å². The molecule has 1 saturated heterocycles. The lowest BCUT2D eigenvalue weighted by Gasteiger charge is -2.31. The Morgan fingerprint density at radius 1 is 1.19 bits per heavy atom. The zero-order chi connectivity index (χ0) is 15.6. The van der Waals surface area contributed by atoms with Gasteiger partial charge in [0.1, 0.15) is 4.90 Å². The number of hydrogen-bond donors (Lipinski definition) is 1. The maximum atomic E-state index is 12.9. The normalized spacial score (nSPS) is 18.3. The number of nitrogens with two attached hydrogens (primary N) is 1. The van der Waals surface area contributed by atoms with E-state index in [0.717, 1.165) is 19.5 Å². The van der Waals surface area contributed by atoms with E-state index in [9.17, 15) is 8.42 Å². The monoisotopic (exact) mass is 315 g/mol. The number of rotatable bonds is 5. The number of hydrogen-bond acceptors (Lipinski definition) is 5. The molecule has 2 heterocycles. The Morgan fingerprint density at radius 2 is 1.81 bits per heavy atom. The third kappa shape index (κ3) is 3.28. The molecule has 1 fully saturated rings. The fraction of sp³-hybridized carbons (Fsp3) is 0.769. The Morgan fingerprint density at radius 3 is 2.38 bits per heavy atom. The lowest BCUT2D eigenvalue weighted by Crippen LogP contribution is -2.47. The number of likely N-dealkylation sites (N-methyl/N-ethyl adjacent to an activating group) is 1. The third-order valence-corrected chi connectivity index (χ3v) is 6.10. The SMILES string of the molecule is Cc1nn(CCCN)c(C)c1S(=O)(=O)N1CCN(C)CC1. The van der Waals surface area contributed by atoms with Crippen molar-refractivity contribution in [2.75, 3.05) is 39.8 Å². The molecule has 0 amide bonds. The summed E-state index contributed by atoms with van der Waals surface area (Å²) in [5.74, 6) is 0. The van der Waals surface area contributed by atoms with Crippen molar-refractivity contribution in [1.82, 2.24) is 19.0 Å². The molecule has 0 unspecified atom stereocenters. The van der Waals surface area contributed by atoms with Crippen molar-refractivity contribution in [2.24, 2.45) is 5.73 Å². The van der Waals surface area contributed by atoms with Crippen molar-refractivity contribution >= 4 is 10.0 Å². The van der Waals surface area contributed by atoms with Gasteiger partial charge < -0.3 is 10.6 Å². The molecule has 1 aliphatic heterocycles. The van der Waals surface area contributed by atoms with E-state index in [-0.39, 0.29) is 0 Å². The molecule has 7 nitrogen and oxygen atoms in total. The van der Waals surface area contributed by atoms with Gasteiger partial charge in [-0.15, -0.1) is 0 Å². The summed E-state index contributed by atoms with van der Waals surface area (Å²) < 4.78 is 29.0. The zero-order valence-electron chi connectivity index (χ0n) is 13.0. The Balaban J connectivity index is 2.29. The van der Waals surface area contributed by atoms with Crippen LogP contribution in [0.25, 0.3) is 0 Å². The molecule has 120 valence electrons. The molecule has 0 aliphatic carbocycles. The van der Waals surface area contributed by atoms with E-state index >= 15 is 0 Å². The van der Waals surface area contributed by atoms with E-state index < -0.39 is 10.0 Å². The van der Waals surface area contributed by atoms with E-state index in [4.69, 9.17) is 5.73 Å². The van der Waals surface area contributed by atoms with E-state index in [1.54, 1.807) is 15.9 Å². The number of nitrogens with zero attached hydrogens (tertiary/aromatic N) is 4. The molecule has 2 N–H and O–H groups in total. The molecule has 0 spiro atoms. The molecule has 0 aromatic carbocycles. The van der Waals surface area contributed by atoms with Crippen molar-refractivity contribution in [2.45, 2.75) is 31.7 Å². The summed E-state index contributed by atoms with van der Waals surface area (Å²) in [6, 6.07) is 0. The first-order valence-electron chi connectivity index (χ1n) is 7.30. The fourth-order valence-corrected chi connectivity index (χ4v) is 4.47. The van der Waals surface area contributed by atoms with E-state index in [2.05, 4.69) is 10.00 Å². The molecule has 0 atom stereocenters. The average Bonchev–Trinajstić information content (AvgIpc) is 2.72. The van der Waals surface area contributed by atoms with Gasteiger partial charge in [0.2, 0.25) is 10.0 Å². The first-order chi connectivity index (χ1) is 9.87. The Kier molecular flexibility index (Phi) is 5.03. The molecule has 1 aromatic rings. The van der Waals surface area contributed by atoms with Crippen LogP contribution in [0.4, 0.5) is 0 Å². The van der Waals surface area contributed by atoms with Crippen LogP contribution in [-0.2, 0) is 16.6 Å². The quantitative estimate of drug-likeness (QED) is 0.812. The predicted octanol–water partition coefficient (Wildman–Crippen LogP) is -0.215. The summed E-state index contributed by atoms with van der Waals surface area (Å²) in [5, 5.41) is 4.37. The van der Waals surface area contributed by atoms with Crippen molar-refractivity contribution < 1.29 is 8.42 Å². The molecule has 1 aliphatic rings. The minimum Gasteiger partial charge on any atom is -0.330 e. The molecule has 0 radical (unpaired) electrons. The summed E-state index contributed by atoms with van der Waals surface area (Å²) >= 11 is 0. The maximum absolute atomic E-state index is 12.9. The summed E-state index contributed by atoms with van der Waals surface area (Å²) in [5.41, 5.74) is 6.80. The van der Waals surface area contributed by atoms with Gasteiger partial charge in [0.05, 0.1) is 11.4 Å². The van der Waals surface area contributed by atoms with Gasteiger partial charge in [-0.05, 0) is 33.9 Å². The first kappa shape index (κ1) is 16.4. The van der Waals surface area contributed by atoms with Crippen LogP contribution in [-0.4, -0.2) is 67.2 Å². The van der Waals surface area contributed by atoms with E-state index in [0.29, 0.717) is 42.5 Å². The van der Waals surface area contributed by atoms with Crippen LogP contribution in [0.5, 0.6) is 0 Å². The highest BCUT2D eigenvalue weighted by molar-refractivity contribution is 7.89. The van der Waals surface area contributed by atoms with Gasteiger partial charge in [-0.3, -0.25) is 4.68 Å². The molecular weight excluding hydrogens is 290 g/mol. The van der Waals surface area contributed by atoms with Gasteiger partial charge in [-0.2, -0.15) is 9.40 Å². The minimum atomic E-state index is -3.46. The summed E-state index contributed by atoms with van der Waals surface area (Å²) in [4.78, 5) is 2.50. The summed E-state index contributed by atoms with van der Waals surface area (Å²) in [6.45, 7) is 7.39. The highest BCUT2D eigenvalue weighted by atomic mass is 32.2. The first-order valence-corrected chi connectivity index (χ1v) is 8.74. The summed E-state index contributed by atoms with van der Waals surface area (Å²) in [6.07, 6.45) is 0.788. The average molecular weight is 315 g/mol.